The van der Waals surface area contributed by atoms with Crippen LogP contribution in [0.4, 0.5) is 0 Å². The third-order valence-corrected chi connectivity index (χ3v) is 1.66. The number of fused-ring (bicyclic) bond motifs is 1. The second kappa shape index (κ2) is 1.99. The van der Waals surface area contributed by atoms with Crippen molar-refractivity contribution >= 4 is 22.6 Å². The zero-order valence-corrected chi connectivity index (χ0v) is 5.81. The SMILES string of the molecule is Clc1c[nH]c2nc[c]cc12. The molecule has 0 aliphatic carbocycles. The van der Waals surface area contributed by atoms with Crippen LogP contribution in [0.2, 0.25) is 5.02 Å². The molecule has 0 saturated heterocycles. The van der Waals surface area contributed by atoms with E-state index in [-0.39, 0.29) is 0 Å². The maximum Gasteiger partial charge on any atom is 0.138 e. The molecule has 0 bridgehead atoms. The second-order valence-electron chi connectivity index (χ2n) is 1.97. The first kappa shape index (κ1) is 5.74. The fourth-order valence-corrected chi connectivity index (χ4v) is 1.07. The predicted octanol–water partition coefficient (Wildman–Crippen LogP) is 2.02. The Morgan fingerprint density at radius 2 is 2.50 bits per heavy atom. The molecule has 0 aliphatic rings. The number of H-pyrrole nitrogens is 1. The summed E-state index contributed by atoms with van der Waals surface area (Å²) in [5.74, 6) is 0. The van der Waals surface area contributed by atoms with Gasteiger partial charge >= 0.3 is 0 Å². The molecule has 2 heterocycles. The molecule has 49 valence electrons. The van der Waals surface area contributed by atoms with Crippen molar-refractivity contribution in [3.63, 3.8) is 0 Å². The predicted molar refractivity (Wildman–Crippen MR) is 39.9 cm³/mol. The van der Waals surface area contributed by atoms with Gasteiger partial charge in [-0.05, 0) is 6.07 Å². The largest absolute Gasteiger partial charge is 0.345 e. The molecule has 0 unspecified atom stereocenters. The molecule has 2 aromatic rings. The summed E-state index contributed by atoms with van der Waals surface area (Å²) in [7, 11) is 0. The molecular formula is C7H4ClN2. The van der Waals surface area contributed by atoms with Crippen molar-refractivity contribution in [3.8, 4) is 0 Å². The Balaban J connectivity index is 2.93. The number of hydrogen-bond donors (Lipinski definition) is 1. The number of rotatable bonds is 0. The Bertz CT molecular complexity index is 353. The molecule has 0 fully saturated rings. The van der Waals surface area contributed by atoms with Gasteiger partial charge in [-0.1, -0.05) is 11.6 Å². The molecule has 1 N–H and O–H groups in total. The number of hydrogen-bond acceptors (Lipinski definition) is 1. The van der Waals surface area contributed by atoms with Crippen LogP contribution >= 0.6 is 11.6 Å². The molecule has 0 amide bonds. The van der Waals surface area contributed by atoms with E-state index in [1.807, 2.05) is 0 Å². The molecular weight excluding hydrogens is 148 g/mol. The average molecular weight is 152 g/mol. The molecule has 2 nitrogen and oxygen atoms in total. The van der Waals surface area contributed by atoms with Gasteiger partial charge < -0.3 is 4.98 Å². The highest BCUT2D eigenvalue weighted by atomic mass is 35.5. The third kappa shape index (κ3) is 0.693. The van der Waals surface area contributed by atoms with Gasteiger partial charge in [-0.2, -0.15) is 0 Å². The summed E-state index contributed by atoms with van der Waals surface area (Å²) in [6, 6.07) is 4.65. The summed E-state index contributed by atoms with van der Waals surface area (Å²) in [4.78, 5) is 6.93. The molecule has 0 saturated carbocycles. The van der Waals surface area contributed by atoms with Crippen molar-refractivity contribution in [2.24, 2.45) is 0 Å². The Morgan fingerprint density at radius 3 is 3.30 bits per heavy atom. The van der Waals surface area contributed by atoms with Crippen LogP contribution in [0.1, 0.15) is 0 Å². The van der Waals surface area contributed by atoms with Gasteiger partial charge in [0.05, 0.1) is 5.02 Å². The highest BCUT2D eigenvalue weighted by Crippen LogP contribution is 2.19. The van der Waals surface area contributed by atoms with Crippen molar-refractivity contribution in [2.45, 2.75) is 0 Å². The quantitative estimate of drug-likeness (QED) is 0.613. The van der Waals surface area contributed by atoms with Gasteiger partial charge in [0, 0.05) is 23.8 Å². The van der Waals surface area contributed by atoms with Gasteiger partial charge in [0.1, 0.15) is 5.65 Å². The van der Waals surface area contributed by atoms with Crippen molar-refractivity contribution in [1.82, 2.24) is 9.97 Å². The number of aromatic amines is 1. The van der Waals surface area contributed by atoms with Crippen LogP contribution in [-0.2, 0) is 0 Å². The molecule has 2 aromatic heterocycles. The lowest BCUT2D eigenvalue weighted by Gasteiger charge is -1.84. The highest BCUT2D eigenvalue weighted by molar-refractivity contribution is 6.35. The first-order valence-electron chi connectivity index (χ1n) is 2.86. The molecule has 10 heavy (non-hydrogen) atoms. The van der Waals surface area contributed by atoms with Crippen LogP contribution in [0.5, 0.6) is 0 Å². The van der Waals surface area contributed by atoms with Gasteiger partial charge in [0.15, 0.2) is 0 Å². The van der Waals surface area contributed by atoms with E-state index in [2.05, 4.69) is 16.0 Å². The zero-order chi connectivity index (χ0) is 6.97. The topological polar surface area (TPSA) is 28.7 Å². The van der Waals surface area contributed by atoms with Crippen LogP contribution in [0, 0.1) is 6.07 Å². The van der Waals surface area contributed by atoms with Crippen molar-refractivity contribution in [2.75, 3.05) is 0 Å². The lowest BCUT2D eigenvalue weighted by molar-refractivity contribution is 1.32. The van der Waals surface area contributed by atoms with Crippen molar-refractivity contribution in [3.05, 3.63) is 29.5 Å². The molecule has 0 spiro atoms. The lowest BCUT2D eigenvalue weighted by Crippen LogP contribution is -1.71. The average Bonchev–Trinajstić information content (AvgIpc) is 2.34. The summed E-state index contributed by atoms with van der Waals surface area (Å²) in [6.07, 6.45) is 3.32. The minimum absolute atomic E-state index is 0.694. The molecule has 3 heteroatoms. The summed E-state index contributed by atoms with van der Waals surface area (Å²) in [5, 5.41) is 1.61. The highest BCUT2D eigenvalue weighted by Gasteiger charge is 1.98. The van der Waals surface area contributed by atoms with Gasteiger partial charge in [0.2, 0.25) is 0 Å². The zero-order valence-electron chi connectivity index (χ0n) is 5.06. The van der Waals surface area contributed by atoms with Crippen molar-refractivity contribution < 1.29 is 0 Å². The van der Waals surface area contributed by atoms with E-state index in [4.69, 9.17) is 11.6 Å². The normalized spacial score (nSPS) is 10.5. The smallest absolute Gasteiger partial charge is 0.138 e. The standard InChI is InChI=1S/C7H4ClN2/c8-6-4-10-7-5(6)2-1-3-9-7/h2-4H,(H,9,10). The van der Waals surface area contributed by atoms with Crippen molar-refractivity contribution in [1.29, 1.82) is 0 Å². The van der Waals surface area contributed by atoms with Crippen LogP contribution in [0.25, 0.3) is 11.0 Å². The first-order chi connectivity index (χ1) is 4.88. The van der Waals surface area contributed by atoms with Crippen LogP contribution in [0.3, 0.4) is 0 Å². The molecule has 0 aliphatic heterocycles. The number of pyridine rings is 1. The van der Waals surface area contributed by atoms with Crippen LogP contribution < -0.4 is 0 Å². The number of aromatic nitrogens is 2. The van der Waals surface area contributed by atoms with E-state index in [9.17, 15) is 0 Å². The van der Waals surface area contributed by atoms with Gasteiger partial charge in [-0.3, -0.25) is 0 Å². The van der Waals surface area contributed by atoms with Gasteiger partial charge in [0.25, 0.3) is 0 Å². The maximum absolute atomic E-state index is 5.78. The minimum atomic E-state index is 0.694. The maximum atomic E-state index is 5.78. The summed E-state index contributed by atoms with van der Waals surface area (Å²) < 4.78 is 0. The molecule has 0 atom stereocenters. The Hall–Kier alpha value is -1.02. The van der Waals surface area contributed by atoms with Crippen LogP contribution in [0.15, 0.2) is 18.5 Å². The van der Waals surface area contributed by atoms with Gasteiger partial charge in [-0.15, -0.1) is 0 Å². The molecule has 2 rings (SSSR count). The number of halogens is 1. The number of nitrogens with one attached hydrogen (secondary N) is 1. The van der Waals surface area contributed by atoms with E-state index in [1.54, 1.807) is 18.5 Å². The Morgan fingerprint density at radius 1 is 1.60 bits per heavy atom. The number of nitrogens with zero attached hydrogens (tertiary/aromatic N) is 1. The van der Waals surface area contributed by atoms with E-state index in [0.717, 1.165) is 11.0 Å². The minimum Gasteiger partial charge on any atom is -0.345 e. The second-order valence-corrected chi connectivity index (χ2v) is 2.38. The summed E-state index contributed by atoms with van der Waals surface area (Å²) in [5.41, 5.74) is 0.809. The van der Waals surface area contributed by atoms with E-state index >= 15 is 0 Å². The van der Waals surface area contributed by atoms with Crippen LogP contribution in [-0.4, -0.2) is 9.97 Å². The van der Waals surface area contributed by atoms with E-state index in [0.29, 0.717) is 5.02 Å². The Kier molecular flexibility index (Phi) is 1.14. The molecule has 0 aromatic carbocycles. The molecule has 1 radical (unpaired) electrons. The van der Waals surface area contributed by atoms with E-state index in [1.165, 1.54) is 0 Å². The monoisotopic (exact) mass is 151 g/mol. The fraction of sp³-hybridized carbons (Fsp3) is 0. The lowest BCUT2D eigenvalue weighted by atomic mass is 10.3. The first-order valence-corrected chi connectivity index (χ1v) is 3.24. The third-order valence-electron chi connectivity index (χ3n) is 1.34. The summed E-state index contributed by atoms with van der Waals surface area (Å²) >= 11 is 5.78. The Labute approximate surface area is 62.8 Å². The fourth-order valence-electron chi connectivity index (χ4n) is 0.867. The van der Waals surface area contributed by atoms with E-state index < -0.39 is 0 Å². The summed E-state index contributed by atoms with van der Waals surface area (Å²) in [6.45, 7) is 0. The van der Waals surface area contributed by atoms with Gasteiger partial charge in [-0.25, -0.2) is 4.98 Å².